The Balaban J connectivity index is 1.79. The summed E-state index contributed by atoms with van der Waals surface area (Å²) in [6.45, 7) is 2.06. The van der Waals surface area contributed by atoms with Gasteiger partial charge in [-0.1, -0.05) is 89.6 Å². The Kier molecular flexibility index (Phi) is 4.13. The first-order valence-corrected chi connectivity index (χ1v) is 8.32. The number of hydrogen-bond acceptors (Lipinski definition) is 3. The zero-order chi connectivity index (χ0) is 17.1. The second kappa shape index (κ2) is 6.73. The van der Waals surface area contributed by atoms with Gasteiger partial charge in [-0.05, 0) is 24.1 Å². The van der Waals surface area contributed by atoms with E-state index in [1.54, 1.807) is 0 Å². The highest BCUT2D eigenvalue weighted by Gasteiger charge is 2.23. The van der Waals surface area contributed by atoms with Crippen molar-refractivity contribution in [3.8, 4) is 11.4 Å². The van der Waals surface area contributed by atoms with Gasteiger partial charge in [0.2, 0.25) is 11.7 Å². The van der Waals surface area contributed by atoms with E-state index in [-0.39, 0.29) is 5.92 Å². The van der Waals surface area contributed by atoms with Crippen molar-refractivity contribution < 1.29 is 4.52 Å². The molecule has 122 valence electrons. The number of aryl methyl sites for hydroxylation is 1. The molecule has 0 N–H and O–H groups in total. The molecule has 3 aromatic carbocycles. The summed E-state index contributed by atoms with van der Waals surface area (Å²) in [6.07, 6.45) is 0. The van der Waals surface area contributed by atoms with Crippen LogP contribution in [0.2, 0.25) is 0 Å². The Bertz CT molecular complexity index is 922. The third-order valence-electron chi connectivity index (χ3n) is 4.23. The molecule has 0 aliphatic carbocycles. The van der Waals surface area contributed by atoms with Gasteiger partial charge in [0, 0.05) is 5.56 Å². The van der Waals surface area contributed by atoms with Crippen molar-refractivity contribution in [1.82, 2.24) is 10.1 Å². The molecular weight excluding hydrogens is 308 g/mol. The Hall–Kier alpha value is -3.20. The molecule has 0 saturated carbocycles. The summed E-state index contributed by atoms with van der Waals surface area (Å²) < 4.78 is 5.67. The lowest BCUT2D eigenvalue weighted by atomic mass is 9.91. The zero-order valence-corrected chi connectivity index (χ0v) is 14.0. The number of hydrogen-bond donors (Lipinski definition) is 0. The third-order valence-corrected chi connectivity index (χ3v) is 4.23. The molecule has 0 aliphatic rings. The first-order valence-electron chi connectivity index (χ1n) is 8.32. The Labute approximate surface area is 147 Å². The van der Waals surface area contributed by atoms with Gasteiger partial charge in [-0.15, -0.1) is 0 Å². The number of rotatable bonds is 4. The normalized spacial score (nSPS) is 11.0. The Morgan fingerprint density at radius 3 is 2.00 bits per heavy atom. The van der Waals surface area contributed by atoms with Crippen molar-refractivity contribution in [3.63, 3.8) is 0 Å². The summed E-state index contributed by atoms with van der Waals surface area (Å²) in [7, 11) is 0. The quantitative estimate of drug-likeness (QED) is 0.516. The van der Waals surface area contributed by atoms with Crippen LogP contribution < -0.4 is 0 Å². The van der Waals surface area contributed by atoms with Gasteiger partial charge in [-0.25, -0.2) is 0 Å². The molecule has 0 aliphatic heterocycles. The smallest absolute Gasteiger partial charge is 0.238 e. The van der Waals surface area contributed by atoms with Crippen LogP contribution in [0.3, 0.4) is 0 Å². The summed E-state index contributed by atoms with van der Waals surface area (Å²) >= 11 is 0. The summed E-state index contributed by atoms with van der Waals surface area (Å²) in [4.78, 5) is 4.70. The average molecular weight is 326 g/mol. The predicted molar refractivity (Wildman–Crippen MR) is 98.3 cm³/mol. The van der Waals surface area contributed by atoms with Crippen molar-refractivity contribution in [2.45, 2.75) is 12.8 Å². The molecule has 25 heavy (non-hydrogen) atoms. The summed E-state index contributed by atoms with van der Waals surface area (Å²) in [5, 5.41) is 4.21. The van der Waals surface area contributed by atoms with E-state index in [1.165, 1.54) is 5.56 Å². The van der Waals surface area contributed by atoms with Crippen LogP contribution in [-0.4, -0.2) is 10.1 Å². The number of aromatic nitrogens is 2. The van der Waals surface area contributed by atoms with Gasteiger partial charge in [0.15, 0.2) is 0 Å². The molecule has 0 amide bonds. The minimum Gasteiger partial charge on any atom is -0.338 e. The molecule has 0 saturated heterocycles. The van der Waals surface area contributed by atoms with Crippen molar-refractivity contribution in [3.05, 3.63) is 108 Å². The number of nitrogens with zero attached hydrogens (tertiary/aromatic N) is 2. The topological polar surface area (TPSA) is 38.9 Å². The minimum atomic E-state index is -0.0755. The molecule has 0 radical (unpaired) electrons. The molecule has 3 heteroatoms. The molecule has 1 heterocycles. The maximum Gasteiger partial charge on any atom is 0.238 e. The lowest BCUT2D eigenvalue weighted by Crippen LogP contribution is -2.03. The van der Waals surface area contributed by atoms with E-state index in [9.17, 15) is 0 Å². The highest BCUT2D eigenvalue weighted by molar-refractivity contribution is 5.55. The predicted octanol–water partition coefficient (Wildman–Crippen LogP) is 5.23. The minimum absolute atomic E-state index is 0.0755. The third kappa shape index (κ3) is 3.22. The fourth-order valence-electron chi connectivity index (χ4n) is 3.02. The monoisotopic (exact) mass is 326 g/mol. The van der Waals surface area contributed by atoms with Gasteiger partial charge in [0.05, 0.1) is 5.92 Å². The molecule has 4 aromatic rings. The van der Waals surface area contributed by atoms with Crippen LogP contribution in [0.5, 0.6) is 0 Å². The Morgan fingerprint density at radius 2 is 1.40 bits per heavy atom. The molecule has 0 atom stereocenters. The SMILES string of the molecule is Cc1cccc(-c2noc(C(c3ccccc3)c3ccccc3)n2)c1. The van der Waals surface area contributed by atoms with Crippen molar-refractivity contribution in [2.75, 3.05) is 0 Å². The van der Waals surface area contributed by atoms with E-state index in [0.717, 1.165) is 16.7 Å². The van der Waals surface area contributed by atoms with Gasteiger partial charge in [-0.3, -0.25) is 0 Å². The lowest BCUT2D eigenvalue weighted by Gasteiger charge is -2.13. The second-order valence-electron chi connectivity index (χ2n) is 6.08. The molecule has 0 bridgehead atoms. The molecule has 0 spiro atoms. The van der Waals surface area contributed by atoms with Crippen LogP contribution >= 0.6 is 0 Å². The van der Waals surface area contributed by atoms with Crippen LogP contribution in [0.25, 0.3) is 11.4 Å². The number of benzene rings is 3. The molecule has 0 unspecified atom stereocenters. The zero-order valence-electron chi connectivity index (χ0n) is 14.0. The summed E-state index contributed by atoms with van der Waals surface area (Å²) in [5.41, 5.74) is 4.41. The lowest BCUT2D eigenvalue weighted by molar-refractivity contribution is 0.375. The van der Waals surface area contributed by atoms with Gasteiger partial charge >= 0.3 is 0 Å². The molecule has 3 nitrogen and oxygen atoms in total. The molecular formula is C22H18N2O. The van der Waals surface area contributed by atoms with Crippen molar-refractivity contribution >= 4 is 0 Å². The first-order chi connectivity index (χ1) is 12.3. The highest BCUT2D eigenvalue weighted by atomic mass is 16.5. The summed E-state index contributed by atoms with van der Waals surface area (Å²) in [5.74, 6) is 1.15. The van der Waals surface area contributed by atoms with E-state index in [2.05, 4.69) is 48.5 Å². The van der Waals surface area contributed by atoms with Crippen LogP contribution in [-0.2, 0) is 0 Å². The molecule has 0 fully saturated rings. The fourth-order valence-corrected chi connectivity index (χ4v) is 3.02. The van der Waals surface area contributed by atoms with Crippen molar-refractivity contribution in [1.29, 1.82) is 0 Å². The average Bonchev–Trinajstić information content (AvgIpc) is 3.13. The van der Waals surface area contributed by atoms with E-state index in [0.29, 0.717) is 11.7 Å². The van der Waals surface area contributed by atoms with E-state index >= 15 is 0 Å². The van der Waals surface area contributed by atoms with Gasteiger partial charge in [0.1, 0.15) is 0 Å². The van der Waals surface area contributed by atoms with Crippen molar-refractivity contribution in [2.24, 2.45) is 0 Å². The maximum atomic E-state index is 5.67. The molecule has 1 aromatic heterocycles. The van der Waals surface area contributed by atoms with Gasteiger partial charge in [-0.2, -0.15) is 4.98 Å². The largest absolute Gasteiger partial charge is 0.338 e. The standard InChI is InChI=1S/C22H18N2O/c1-16-9-8-14-19(15-16)21-23-22(25-24-21)20(17-10-4-2-5-11-17)18-12-6-3-7-13-18/h2-15,20H,1H3. The maximum absolute atomic E-state index is 5.67. The Morgan fingerprint density at radius 1 is 0.760 bits per heavy atom. The van der Waals surface area contributed by atoms with Crippen LogP contribution in [0, 0.1) is 6.92 Å². The van der Waals surface area contributed by atoms with E-state index < -0.39 is 0 Å². The summed E-state index contributed by atoms with van der Waals surface area (Å²) in [6, 6.07) is 28.6. The molecule has 4 rings (SSSR count). The van der Waals surface area contributed by atoms with Crippen LogP contribution in [0.1, 0.15) is 28.5 Å². The van der Waals surface area contributed by atoms with E-state index in [1.807, 2.05) is 48.5 Å². The van der Waals surface area contributed by atoms with Crippen LogP contribution in [0.4, 0.5) is 0 Å². The first kappa shape index (κ1) is 15.3. The van der Waals surface area contributed by atoms with Gasteiger partial charge < -0.3 is 4.52 Å². The van der Waals surface area contributed by atoms with E-state index in [4.69, 9.17) is 9.51 Å². The van der Waals surface area contributed by atoms with Gasteiger partial charge in [0.25, 0.3) is 0 Å². The highest BCUT2D eigenvalue weighted by Crippen LogP contribution is 2.31. The fraction of sp³-hybridized carbons (Fsp3) is 0.0909. The second-order valence-corrected chi connectivity index (χ2v) is 6.08. The van der Waals surface area contributed by atoms with Crippen LogP contribution in [0.15, 0.2) is 89.5 Å².